The van der Waals surface area contributed by atoms with Crippen molar-refractivity contribution in [2.45, 2.75) is 32.9 Å². The molecule has 3 rings (SSSR count). The maximum absolute atomic E-state index is 11.3. The summed E-state index contributed by atoms with van der Waals surface area (Å²) in [6.45, 7) is 4.61. The summed E-state index contributed by atoms with van der Waals surface area (Å²) < 4.78 is 0. The van der Waals surface area contributed by atoms with E-state index < -0.39 is 0 Å². The maximum atomic E-state index is 11.3. The summed E-state index contributed by atoms with van der Waals surface area (Å²) in [6.07, 6.45) is 0.579. The summed E-state index contributed by atoms with van der Waals surface area (Å²) in [5.41, 5.74) is 2.73. The lowest BCUT2D eigenvalue weighted by Gasteiger charge is -2.24. The number of hydrogen-bond donors (Lipinski definition) is 3. The molecule has 0 saturated carbocycles. The van der Waals surface area contributed by atoms with Gasteiger partial charge in [-0.2, -0.15) is 0 Å². The largest absolute Gasteiger partial charge is 0.506 e. The van der Waals surface area contributed by atoms with Crippen molar-refractivity contribution in [3.05, 3.63) is 45.5 Å². The molecule has 0 amide bonds. The summed E-state index contributed by atoms with van der Waals surface area (Å²) in [7, 11) is 0. The zero-order chi connectivity index (χ0) is 17.6. The number of halogens is 1. The first-order valence-corrected chi connectivity index (χ1v) is 8.00. The Morgan fingerprint density at radius 1 is 1.08 bits per heavy atom. The summed E-state index contributed by atoms with van der Waals surface area (Å²) in [5, 5.41) is 31.0. The van der Waals surface area contributed by atoms with Crippen molar-refractivity contribution in [1.29, 1.82) is 0 Å². The summed E-state index contributed by atoms with van der Waals surface area (Å²) in [6, 6.07) is 4.77. The van der Waals surface area contributed by atoms with Gasteiger partial charge in [0.1, 0.15) is 17.2 Å². The highest BCUT2D eigenvalue weighted by Crippen LogP contribution is 2.47. The summed E-state index contributed by atoms with van der Waals surface area (Å²) in [4.78, 5) is 13.0. The minimum Gasteiger partial charge on any atom is -0.506 e. The van der Waals surface area contributed by atoms with E-state index in [1.807, 2.05) is 13.8 Å². The number of aromatic hydroxyl groups is 3. The highest BCUT2D eigenvalue weighted by atomic mass is 35.5. The zero-order valence-electron chi connectivity index (χ0n) is 13.4. The second kappa shape index (κ2) is 5.91. The van der Waals surface area contributed by atoms with E-state index in [4.69, 9.17) is 11.6 Å². The number of benzene rings is 2. The molecule has 0 aliphatic carbocycles. The van der Waals surface area contributed by atoms with Crippen LogP contribution in [0.5, 0.6) is 17.2 Å². The number of phenols is 3. The fourth-order valence-electron chi connectivity index (χ4n) is 3.09. The molecule has 2 aromatic carbocycles. The molecule has 126 valence electrons. The van der Waals surface area contributed by atoms with Gasteiger partial charge in [-0.1, -0.05) is 25.4 Å². The fourth-order valence-corrected chi connectivity index (χ4v) is 3.27. The van der Waals surface area contributed by atoms with Crippen molar-refractivity contribution in [2.75, 3.05) is 4.90 Å². The number of carbonyl (C=O) groups excluding carboxylic acids is 1. The standard InChI is InChI=1S/C18H18ClNO4/c1-9(2)13-3-12(8-21)17(23)16(18(13)24)20-6-10-4-14(19)15(22)5-11(10)7-20/h3-5,8-9,22-24H,6-7H2,1-2H3. The first kappa shape index (κ1) is 16.5. The lowest BCUT2D eigenvalue weighted by Crippen LogP contribution is -2.16. The Labute approximate surface area is 144 Å². The molecule has 0 unspecified atom stereocenters. The topological polar surface area (TPSA) is 81.0 Å². The van der Waals surface area contributed by atoms with Crippen LogP contribution in [0, 0.1) is 0 Å². The van der Waals surface area contributed by atoms with Crippen LogP contribution in [0.4, 0.5) is 5.69 Å². The van der Waals surface area contributed by atoms with E-state index in [-0.39, 0.29) is 39.4 Å². The van der Waals surface area contributed by atoms with Gasteiger partial charge in [0.15, 0.2) is 12.0 Å². The quantitative estimate of drug-likeness (QED) is 0.733. The second-order valence-electron chi connectivity index (χ2n) is 6.30. The normalized spacial score (nSPS) is 13.4. The lowest BCUT2D eigenvalue weighted by molar-refractivity contribution is 0.112. The molecule has 5 nitrogen and oxygen atoms in total. The van der Waals surface area contributed by atoms with Crippen LogP contribution in [0.15, 0.2) is 18.2 Å². The molecule has 1 aliphatic heterocycles. The Balaban J connectivity index is 2.11. The number of hydrogen-bond acceptors (Lipinski definition) is 5. The van der Waals surface area contributed by atoms with Crippen molar-refractivity contribution < 1.29 is 20.1 Å². The van der Waals surface area contributed by atoms with Crippen LogP contribution in [0.2, 0.25) is 5.02 Å². The number of fused-ring (bicyclic) bond motifs is 1. The van der Waals surface area contributed by atoms with Crippen LogP contribution in [-0.4, -0.2) is 21.6 Å². The molecule has 1 heterocycles. The maximum Gasteiger partial charge on any atom is 0.153 e. The third-order valence-electron chi connectivity index (χ3n) is 4.36. The molecular weight excluding hydrogens is 330 g/mol. The van der Waals surface area contributed by atoms with Crippen LogP contribution in [-0.2, 0) is 13.1 Å². The van der Waals surface area contributed by atoms with E-state index in [2.05, 4.69) is 0 Å². The zero-order valence-corrected chi connectivity index (χ0v) is 14.1. The van der Waals surface area contributed by atoms with Gasteiger partial charge in [-0.05, 0) is 40.8 Å². The van der Waals surface area contributed by atoms with Gasteiger partial charge in [-0.25, -0.2) is 0 Å². The lowest BCUT2D eigenvalue weighted by atomic mass is 9.97. The van der Waals surface area contributed by atoms with Crippen LogP contribution in [0.3, 0.4) is 0 Å². The molecule has 0 spiro atoms. The minimum absolute atomic E-state index is 0.00442. The molecule has 1 aliphatic rings. The number of carbonyl (C=O) groups is 1. The first-order valence-electron chi connectivity index (χ1n) is 7.62. The van der Waals surface area contributed by atoms with Crippen molar-refractivity contribution in [3.8, 4) is 17.2 Å². The van der Waals surface area contributed by atoms with Gasteiger partial charge in [0.25, 0.3) is 0 Å². The predicted molar refractivity (Wildman–Crippen MR) is 92.3 cm³/mol. The third-order valence-corrected chi connectivity index (χ3v) is 4.67. The molecule has 3 N–H and O–H groups in total. The van der Waals surface area contributed by atoms with Gasteiger partial charge >= 0.3 is 0 Å². The van der Waals surface area contributed by atoms with Gasteiger partial charge in [0.05, 0.1) is 10.6 Å². The van der Waals surface area contributed by atoms with E-state index in [0.29, 0.717) is 24.9 Å². The number of phenolic OH excluding ortho intramolecular Hbond substituents is 3. The van der Waals surface area contributed by atoms with Gasteiger partial charge < -0.3 is 20.2 Å². The average Bonchev–Trinajstić information content (AvgIpc) is 2.90. The van der Waals surface area contributed by atoms with Crippen LogP contribution >= 0.6 is 11.6 Å². The highest BCUT2D eigenvalue weighted by Gasteiger charge is 2.28. The van der Waals surface area contributed by atoms with Crippen molar-refractivity contribution in [1.82, 2.24) is 0 Å². The Morgan fingerprint density at radius 2 is 1.71 bits per heavy atom. The molecular formula is C18H18ClNO4. The third kappa shape index (κ3) is 2.55. The van der Waals surface area contributed by atoms with E-state index in [9.17, 15) is 20.1 Å². The minimum atomic E-state index is -0.241. The molecule has 0 fully saturated rings. The van der Waals surface area contributed by atoms with Gasteiger partial charge in [0.2, 0.25) is 0 Å². The number of aldehydes is 1. The fraction of sp³-hybridized carbons (Fsp3) is 0.278. The molecule has 0 radical (unpaired) electrons. The summed E-state index contributed by atoms with van der Waals surface area (Å²) in [5.74, 6) is -0.284. The predicted octanol–water partition coefficient (Wildman–Crippen LogP) is 3.91. The number of nitrogens with zero attached hydrogens (tertiary/aromatic N) is 1. The monoisotopic (exact) mass is 347 g/mol. The average molecular weight is 348 g/mol. The van der Waals surface area contributed by atoms with E-state index in [1.165, 1.54) is 6.07 Å². The van der Waals surface area contributed by atoms with Crippen LogP contribution in [0.1, 0.15) is 46.8 Å². The van der Waals surface area contributed by atoms with E-state index >= 15 is 0 Å². The second-order valence-corrected chi connectivity index (χ2v) is 6.71. The van der Waals surface area contributed by atoms with Gasteiger partial charge in [-0.3, -0.25) is 4.79 Å². The van der Waals surface area contributed by atoms with Gasteiger partial charge in [0, 0.05) is 13.1 Å². The van der Waals surface area contributed by atoms with E-state index in [0.717, 1.165) is 11.1 Å². The molecule has 2 aromatic rings. The smallest absolute Gasteiger partial charge is 0.153 e. The van der Waals surface area contributed by atoms with Crippen LogP contribution in [0.25, 0.3) is 0 Å². The molecule has 0 aromatic heterocycles. The van der Waals surface area contributed by atoms with Crippen molar-refractivity contribution >= 4 is 23.6 Å². The van der Waals surface area contributed by atoms with Crippen molar-refractivity contribution in [2.24, 2.45) is 0 Å². The first-order chi connectivity index (χ1) is 11.3. The Kier molecular flexibility index (Phi) is 4.05. The number of anilines is 1. The highest BCUT2D eigenvalue weighted by molar-refractivity contribution is 6.32. The Morgan fingerprint density at radius 3 is 2.29 bits per heavy atom. The SMILES string of the molecule is CC(C)c1cc(C=O)c(O)c(N2Cc3cc(O)c(Cl)cc3C2)c1O. The van der Waals surface area contributed by atoms with Gasteiger partial charge in [-0.15, -0.1) is 0 Å². The molecule has 0 bridgehead atoms. The van der Waals surface area contributed by atoms with Crippen LogP contribution < -0.4 is 4.90 Å². The summed E-state index contributed by atoms with van der Waals surface area (Å²) >= 11 is 5.95. The van der Waals surface area contributed by atoms with E-state index in [1.54, 1.807) is 17.0 Å². The Hall–Kier alpha value is -2.40. The molecule has 24 heavy (non-hydrogen) atoms. The molecule has 0 saturated heterocycles. The molecule has 6 heteroatoms. The molecule has 0 atom stereocenters. The van der Waals surface area contributed by atoms with Crippen molar-refractivity contribution in [3.63, 3.8) is 0 Å². The number of rotatable bonds is 3. The Bertz CT molecular complexity index is 801.